The van der Waals surface area contributed by atoms with Crippen LogP contribution in [0.4, 0.5) is 0 Å². The molecule has 6 heteroatoms. The zero-order valence-electron chi connectivity index (χ0n) is 18.6. The number of nitrogens with zero attached hydrogens (tertiary/aromatic N) is 1. The molecule has 1 fully saturated rings. The van der Waals surface area contributed by atoms with E-state index in [1.165, 1.54) is 5.56 Å². The number of hydrogen-bond donors (Lipinski definition) is 2. The third-order valence-corrected chi connectivity index (χ3v) is 6.47. The van der Waals surface area contributed by atoms with Gasteiger partial charge in [-0.3, -0.25) is 4.79 Å². The van der Waals surface area contributed by atoms with Crippen LogP contribution in [0.15, 0.2) is 48.5 Å². The molecule has 1 saturated heterocycles. The molecule has 0 aliphatic carbocycles. The molecule has 0 radical (unpaired) electrons. The lowest BCUT2D eigenvalue weighted by Crippen LogP contribution is -2.38. The standard InChI is InChI=1S/C25H33NO5/c1-18(28)25(2)17-26(24(29)16-27)15-21(25)20-11-12-22(30-3)23(14-20)31-13-7-10-19-8-5-4-6-9-19/h4-6,8-9,11-12,14,18,21,27-28H,7,10,13,15-17H2,1-3H3/t18-,21+,25+/m1/s1. The number of aryl methyl sites for hydroxylation is 1. The highest BCUT2D eigenvalue weighted by Gasteiger charge is 2.48. The molecule has 2 aromatic carbocycles. The fourth-order valence-corrected chi connectivity index (χ4v) is 4.34. The number of likely N-dealkylation sites (tertiary alicyclic amines) is 1. The maximum Gasteiger partial charge on any atom is 0.248 e. The van der Waals surface area contributed by atoms with Crippen molar-refractivity contribution in [3.8, 4) is 11.5 Å². The molecule has 1 heterocycles. The van der Waals surface area contributed by atoms with Gasteiger partial charge in [-0.1, -0.05) is 43.3 Å². The molecule has 0 aromatic heterocycles. The van der Waals surface area contributed by atoms with Crippen LogP contribution >= 0.6 is 0 Å². The van der Waals surface area contributed by atoms with Gasteiger partial charge in [0, 0.05) is 24.4 Å². The Morgan fingerprint density at radius 2 is 1.97 bits per heavy atom. The number of methoxy groups -OCH3 is 1. The largest absolute Gasteiger partial charge is 0.493 e. The Balaban J connectivity index is 1.75. The molecule has 2 aromatic rings. The van der Waals surface area contributed by atoms with E-state index < -0.39 is 18.1 Å². The Morgan fingerprint density at radius 3 is 2.61 bits per heavy atom. The number of ether oxygens (including phenoxy) is 2. The molecule has 31 heavy (non-hydrogen) atoms. The minimum absolute atomic E-state index is 0.0828. The van der Waals surface area contributed by atoms with Crippen LogP contribution in [0.3, 0.4) is 0 Å². The van der Waals surface area contributed by atoms with Crippen LogP contribution in [0.2, 0.25) is 0 Å². The summed E-state index contributed by atoms with van der Waals surface area (Å²) in [6, 6.07) is 16.1. The summed E-state index contributed by atoms with van der Waals surface area (Å²) >= 11 is 0. The van der Waals surface area contributed by atoms with Gasteiger partial charge in [0.2, 0.25) is 5.91 Å². The van der Waals surface area contributed by atoms with Crippen LogP contribution in [-0.2, 0) is 11.2 Å². The van der Waals surface area contributed by atoms with Gasteiger partial charge in [0.1, 0.15) is 6.61 Å². The fraction of sp³-hybridized carbons (Fsp3) is 0.480. The van der Waals surface area contributed by atoms with Gasteiger partial charge < -0.3 is 24.6 Å². The minimum Gasteiger partial charge on any atom is -0.493 e. The molecule has 1 aliphatic rings. The number of aliphatic hydroxyl groups is 2. The number of carbonyl (C=O) groups is 1. The van der Waals surface area contributed by atoms with Gasteiger partial charge >= 0.3 is 0 Å². The van der Waals surface area contributed by atoms with Gasteiger partial charge in [-0.05, 0) is 43.0 Å². The molecule has 1 aliphatic heterocycles. The number of hydrogen-bond acceptors (Lipinski definition) is 5. The number of amides is 1. The lowest BCUT2D eigenvalue weighted by molar-refractivity contribution is -0.133. The quantitative estimate of drug-likeness (QED) is 0.602. The lowest BCUT2D eigenvalue weighted by atomic mass is 9.72. The van der Waals surface area contributed by atoms with Gasteiger partial charge in [0.25, 0.3) is 0 Å². The number of benzene rings is 2. The van der Waals surface area contributed by atoms with Crippen LogP contribution in [-0.4, -0.2) is 60.5 Å². The van der Waals surface area contributed by atoms with Crippen molar-refractivity contribution in [2.45, 2.75) is 38.7 Å². The van der Waals surface area contributed by atoms with Gasteiger partial charge in [-0.25, -0.2) is 0 Å². The maximum absolute atomic E-state index is 12.1. The highest BCUT2D eigenvalue weighted by atomic mass is 16.5. The smallest absolute Gasteiger partial charge is 0.248 e. The predicted molar refractivity (Wildman–Crippen MR) is 119 cm³/mol. The second kappa shape index (κ2) is 10.2. The van der Waals surface area contributed by atoms with E-state index in [1.807, 2.05) is 43.3 Å². The van der Waals surface area contributed by atoms with Crippen LogP contribution in [0.25, 0.3) is 0 Å². The first-order valence-corrected chi connectivity index (χ1v) is 10.8. The molecule has 6 nitrogen and oxygen atoms in total. The molecule has 168 valence electrons. The van der Waals surface area contributed by atoms with E-state index in [9.17, 15) is 15.0 Å². The van der Waals surface area contributed by atoms with Crippen LogP contribution in [0, 0.1) is 5.41 Å². The van der Waals surface area contributed by atoms with Crippen LogP contribution in [0.5, 0.6) is 11.5 Å². The Labute approximate surface area is 184 Å². The van der Waals surface area contributed by atoms with E-state index in [1.54, 1.807) is 18.9 Å². The Kier molecular flexibility index (Phi) is 7.57. The Bertz CT molecular complexity index is 869. The maximum atomic E-state index is 12.1. The summed E-state index contributed by atoms with van der Waals surface area (Å²) in [5.74, 6) is 0.914. The second-order valence-electron chi connectivity index (χ2n) is 8.51. The summed E-state index contributed by atoms with van der Waals surface area (Å²) in [6.07, 6.45) is 1.20. The van der Waals surface area contributed by atoms with E-state index >= 15 is 0 Å². The molecule has 3 rings (SSSR count). The molecule has 0 spiro atoms. The molecular weight excluding hydrogens is 394 g/mol. The summed E-state index contributed by atoms with van der Waals surface area (Å²) < 4.78 is 11.5. The van der Waals surface area contributed by atoms with E-state index in [-0.39, 0.29) is 11.8 Å². The molecule has 2 N–H and O–H groups in total. The lowest BCUT2D eigenvalue weighted by Gasteiger charge is -2.33. The van der Waals surface area contributed by atoms with Crippen molar-refractivity contribution >= 4 is 5.91 Å². The van der Waals surface area contributed by atoms with Crippen molar-refractivity contribution in [1.82, 2.24) is 4.90 Å². The van der Waals surface area contributed by atoms with Crippen molar-refractivity contribution in [2.75, 3.05) is 33.4 Å². The molecule has 0 bridgehead atoms. The van der Waals surface area contributed by atoms with E-state index in [2.05, 4.69) is 12.1 Å². The van der Waals surface area contributed by atoms with Crippen molar-refractivity contribution in [2.24, 2.45) is 5.41 Å². The van der Waals surface area contributed by atoms with E-state index in [0.29, 0.717) is 31.2 Å². The normalized spacial score (nSPS) is 21.7. The number of carbonyl (C=O) groups excluding carboxylic acids is 1. The van der Waals surface area contributed by atoms with Crippen molar-refractivity contribution in [3.05, 3.63) is 59.7 Å². The fourth-order valence-electron chi connectivity index (χ4n) is 4.34. The van der Waals surface area contributed by atoms with Crippen molar-refractivity contribution in [3.63, 3.8) is 0 Å². The zero-order valence-corrected chi connectivity index (χ0v) is 18.6. The first-order valence-electron chi connectivity index (χ1n) is 10.8. The third kappa shape index (κ3) is 5.20. The Hall–Kier alpha value is -2.57. The molecule has 1 amide bonds. The van der Waals surface area contributed by atoms with Crippen molar-refractivity contribution < 1.29 is 24.5 Å². The summed E-state index contributed by atoms with van der Waals surface area (Å²) in [5, 5.41) is 19.8. The highest BCUT2D eigenvalue weighted by Crippen LogP contribution is 2.46. The van der Waals surface area contributed by atoms with Crippen molar-refractivity contribution in [1.29, 1.82) is 0 Å². The average molecular weight is 428 g/mol. The monoisotopic (exact) mass is 427 g/mol. The molecule has 0 saturated carbocycles. The topological polar surface area (TPSA) is 79.2 Å². The van der Waals surface area contributed by atoms with Crippen LogP contribution in [0.1, 0.15) is 37.3 Å². The highest BCUT2D eigenvalue weighted by molar-refractivity contribution is 5.77. The van der Waals surface area contributed by atoms with Gasteiger partial charge in [0.15, 0.2) is 11.5 Å². The minimum atomic E-state index is -0.619. The second-order valence-corrected chi connectivity index (χ2v) is 8.51. The first-order chi connectivity index (χ1) is 14.9. The Morgan fingerprint density at radius 1 is 1.23 bits per heavy atom. The summed E-state index contributed by atoms with van der Waals surface area (Å²) in [4.78, 5) is 13.7. The summed E-state index contributed by atoms with van der Waals surface area (Å²) in [7, 11) is 1.61. The summed E-state index contributed by atoms with van der Waals surface area (Å²) in [6.45, 7) is 4.61. The summed E-state index contributed by atoms with van der Waals surface area (Å²) in [5.41, 5.74) is 1.74. The van der Waals surface area contributed by atoms with Gasteiger partial charge in [-0.2, -0.15) is 0 Å². The molecule has 3 atom stereocenters. The predicted octanol–water partition coefficient (Wildman–Crippen LogP) is 3.01. The van der Waals surface area contributed by atoms with Gasteiger partial charge in [0.05, 0.1) is 19.8 Å². The molecular formula is C25H33NO5. The number of rotatable bonds is 9. The molecule has 0 unspecified atom stereocenters. The average Bonchev–Trinajstić information content (AvgIpc) is 3.15. The number of aliphatic hydroxyl groups excluding tert-OH is 2. The zero-order chi connectivity index (χ0) is 22.4. The SMILES string of the molecule is COc1ccc([C@@H]2CN(C(=O)CO)C[C@@]2(C)[C@@H](C)O)cc1OCCCc1ccccc1. The van der Waals surface area contributed by atoms with E-state index in [0.717, 1.165) is 18.4 Å². The van der Waals surface area contributed by atoms with E-state index in [4.69, 9.17) is 9.47 Å². The first kappa shape index (κ1) is 23.1. The third-order valence-electron chi connectivity index (χ3n) is 6.47. The van der Waals surface area contributed by atoms with Crippen LogP contribution < -0.4 is 9.47 Å². The van der Waals surface area contributed by atoms with Gasteiger partial charge in [-0.15, -0.1) is 0 Å².